The number of carboxylic acids is 1. The molecule has 1 N–H and O–H groups in total. The SMILES string of the molecule is CC=CCOC(C)(C(=O)O)c1ccc(C)c(C)c1. The molecule has 0 aromatic heterocycles. The third-order valence-electron chi connectivity index (χ3n) is 3.17. The number of hydrogen-bond acceptors (Lipinski definition) is 2. The molecule has 0 saturated heterocycles. The van der Waals surface area contributed by atoms with Crippen molar-refractivity contribution in [2.24, 2.45) is 0 Å². The Morgan fingerprint density at radius 1 is 1.39 bits per heavy atom. The Hall–Kier alpha value is -1.61. The normalized spacial score (nSPS) is 14.7. The average Bonchev–Trinajstić information content (AvgIpc) is 2.32. The van der Waals surface area contributed by atoms with Gasteiger partial charge in [0.2, 0.25) is 0 Å². The van der Waals surface area contributed by atoms with Crippen molar-refractivity contribution in [3.05, 3.63) is 47.0 Å². The third-order valence-corrected chi connectivity index (χ3v) is 3.17. The number of hydrogen-bond donors (Lipinski definition) is 1. The molecular formula is C15H20O3. The minimum absolute atomic E-state index is 0.284. The van der Waals surface area contributed by atoms with E-state index in [1.165, 1.54) is 0 Å². The molecule has 0 aliphatic heterocycles. The van der Waals surface area contributed by atoms with Gasteiger partial charge in [-0.15, -0.1) is 0 Å². The van der Waals surface area contributed by atoms with E-state index >= 15 is 0 Å². The summed E-state index contributed by atoms with van der Waals surface area (Å²) in [6, 6.07) is 5.61. The number of allylic oxidation sites excluding steroid dienone is 1. The molecule has 1 atom stereocenters. The maximum absolute atomic E-state index is 11.5. The lowest BCUT2D eigenvalue weighted by atomic mass is 9.93. The molecule has 3 heteroatoms. The molecule has 1 unspecified atom stereocenters. The highest BCUT2D eigenvalue weighted by atomic mass is 16.5. The van der Waals surface area contributed by atoms with Crippen LogP contribution >= 0.6 is 0 Å². The predicted octanol–water partition coefficient (Wildman–Crippen LogP) is 3.20. The average molecular weight is 248 g/mol. The molecule has 3 nitrogen and oxygen atoms in total. The molecule has 0 fully saturated rings. The van der Waals surface area contributed by atoms with Crippen LogP contribution in [0.4, 0.5) is 0 Å². The first-order valence-electron chi connectivity index (χ1n) is 5.98. The van der Waals surface area contributed by atoms with Crippen molar-refractivity contribution in [2.75, 3.05) is 6.61 Å². The summed E-state index contributed by atoms with van der Waals surface area (Å²) in [4.78, 5) is 11.5. The van der Waals surface area contributed by atoms with Crippen molar-refractivity contribution >= 4 is 5.97 Å². The molecule has 0 aliphatic carbocycles. The van der Waals surface area contributed by atoms with Crippen LogP contribution in [0, 0.1) is 13.8 Å². The summed E-state index contributed by atoms with van der Waals surface area (Å²) in [6.07, 6.45) is 3.63. The molecule has 0 amide bonds. The number of benzene rings is 1. The minimum Gasteiger partial charge on any atom is -0.479 e. The van der Waals surface area contributed by atoms with Crippen LogP contribution in [0.25, 0.3) is 0 Å². The zero-order valence-electron chi connectivity index (χ0n) is 11.4. The first kappa shape index (κ1) is 14.5. The Morgan fingerprint density at radius 3 is 2.56 bits per heavy atom. The van der Waals surface area contributed by atoms with Gasteiger partial charge in [0.1, 0.15) is 0 Å². The molecule has 0 spiro atoms. The Labute approximate surface area is 108 Å². The minimum atomic E-state index is -1.31. The highest BCUT2D eigenvalue weighted by molar-refractivity contribution is 5.79. The van der Waals surface area contributed by atoms with Crippen molar-refractivity contribution < 1.29 is 14.6 Å². The second-order valence-corrected chi connectivity index (χ2v) is 4.52. The summed E-state index contributed by atoms with van der Waals surface area (Å²) < 4.78 is 5.53. The number of aliphatic carboxylic acids is 1. The standard InChI is InChI=1S/C15H20O3/c1-5-6-9-18-15(4,14(16)17)13-8-7-11(2)12(3)10-13/h5-8,10H,9H2,1-4H3,(H,16,17). The second-order valence-electron chi connectivity index (χ2n) is 4.52. The fourth-order valence-corrected chi connectivity index (χ4v) is 1.62. The van der Waals surface area contributed by atoms with Crippen LogP contribution in [-0.4, -0.2) is 17.7 Å². The summed E-state index contributed by atoms with van der Waals surface area (Å²) in [5.74, 6) is -0.977. The quantitative estimate of drug-likeness (QED) is 0.814. The maximum atomic E-state index is 11.5. The smallest absolute Gasteiger partial charge is 0.340 e. The van der Waals surface area contributed by atoms with Gasteiger partial charge in [-0.1, -0.05) is 30.4 Å². The van der Waals surface area contributed by atoms with Gasteiger partial charge in [0.15, 0.2) is 5.60 Å². The van der Waals surface area contributed by atoms with Gasteiger partial charge in [-0.25, -0.2) is 4.79 Å². The van der Waals surface area contributed by atoms with Gasteiger partial charge in [-0.05, 0) is 44.4 Å². The summed E-state index contributed by atoms with van der Waals surface area (Å²) in [7, 11) is 0. The lowest BCUT2D eigenvalue weighted by molar-refractivity contribution is -0.163. The maximum Gasteiger partial charge on any atom is 0.340 e. The summed E-state index contributed by atoms with van der Waals surface area (Å²) >= 11 is 0. The van der Waals surface area contributed by atoms with Crippen LogP contribution in [0.15, 0.2) is 30.4 Å². The highest BCUT2D eigenvalue weighted by Gasteiger charge is 2.36. The Balaban J connectivity index is 3.10. The van der Waals surface area contributed by atoms with E-state index in [-0.39, 0.29) is 6.61 Å². The van der Waals surface area contributed by atoms with Crippen LogP contribution in [0.2, 0.25) is 0 Å². The summed E-state index contributed by atoms with van der Waals surface area (Å²) in [5, 5.41) is 9.40. The number of carboxylic acid groups (broad SMARTS) is 1. The second kappa shape index (κ2) is 5.83. The van der Waals surface area contributed by atoms with Crippen molar-refractivity contribution in [3.8, 4) is 0 Å². The molecule has 18 heavy (non-hydrogen) atoms. The Bertz CT molecular complexity index is 463. The van der Waals surface area contributed by atoms with Gasteiger partial charge in [0.05, 0.1) is 6.61 Å². The molecule has 0 aliphatic rings. The lowest BCUT2D eigenvalue weighted by Gasteiger charge is -2.26. The largest absolute Gasteiger partial charge is 0.479 e. The molecule has 1 aromatic rings. The number of aryl methyl sites for hydroxylation is 2. The van der Waals surface area contributed by atoms with Gasteiger partial charge in [0, 0.05) is 0 Å². The fraction of sp³-hybridized carbons (Fsp3) is 0.400. The lowest BCUT2D eigenvalue weighted by Crippen LogP contribution is -2.35. The molecule has 1 aromatic carbocycles. The predicted molar refractivity (Wildman–Crippen MR) is 71.7 cm³/mol. The van der Waals surface area contributed by atoms with Crippen LogP contribution in [0.1, 0.15) is 30.5 Å². The zero-order chi connectivity index (χ0) is 13.8. The first-order chi connectivity index (χ1) is 8.41. The van der Waals surface area contributed by atoms with E-state index in [4.69, 9.17) is 4.74 Å². The van der Waals surface area contributed by atoms with Gasteiger partial charge < -0.3 is 9.84 Å². The van der Waals surface area contributed by atoms with Gasteiger partial charge in [-0.3, -0.25) is 0 Å². The van der Waals surface area contributed by atoms with Crippen LogP contribution in [-0.2, 0) is 15.1 Å². The molecule has 98 valence electrons. The van der Waals surface area contributed by atoms with Crippen LogP contribution < -0.4 is 0 Å². The number of rotatable bonds is 5. The van der Waals surface area contributed by atoms with E-state index in [0.29, 0.717) is 5.56 Å². The topological polar surface area (TPSA) is 46.5 Å². The molecule has 1 rings (SSSR count). The van der Waals surface area contributed by atoms with Crippen molar-refractivity contribution in [1.29, 1.82) is 0 Å². The van der Waals surface area contributed by atoms with Gasteiger partial charge >= 0.3 is 5.97 Å². The summed E-state index contributed by atoms with van der Waals surface area (Å²) in [6.45, 7) is 7.71. The van der Waals surface area contributed by atoms with E-state index in [2.05, 4.69) is 0 Å². The van der Waals surface area contributed by atoms with E-state index in [9.17, 15) is 9.90 Å². The Kier molecular flexibility index (Phi) is 4.68. The van der Waals surface area contributed by atoms with E-state index < -0.39 is 11.6 Å². The molecular weight excluding hydrogens is 228 g/mol. The zero-order valence-corrected chi connectivity index (χ0v) is 11.4. The van der Waals surface area contributed by atoms with Crippen LogP contribution in [0.3, 0.4) is 0 Å². The Morgan fingerprint density at radius 2 is 2.06 bits per heavy atom. The third kappa shape index (κ3) is 2.99. The molecule has 0 saturated carbocycles. The van der Waals surface area contributed by atoms with E-state index in [1.54, 1.807) is 13.0 Å². The number of carbonyl (C=O) groups is 1. The van der Waals surface area contributed by atoms with E-state index in [1.807, 2.05) is 45.0 Å². The molecule has 0 heterocycles. The fourth-order valence-electron chi connectivity index (χ4n) is 1.62. The van der Waals surface area contributed by atoms with E-state index in [0.717, 1.165) is 11.1 Å². The summed E-state index contributed by atoms with van der Waals surface area (Å²) in [5.41, 5.74) is 1.56. The first-order valence-corrected chi connectivity index (χ1v) is 5.98. The van der Waals surface area contributed by atoms with Gasteiger partial charge in [-0.2, -0.15) is 0 Å². The van der Waals surface area contributed by atoms with Crippen molar-refractivity contribution in [1.82, 2.24) is 0 Å². The monoisotopic (exact) mass is 248 g/mol. The molecule has 0 radical (unpaired) electrons. The molecule has 0 bridgehead atoms. The number of ether oxygens (including phenoxy) is 1. The van der Waals surface area contributed by atoms with Crippen molar-refractivity contribution in [2.45, 2.75) is 33.3 Å². The van der Waals surface area contributed by atoms with Crippen molar-refractivity contribution in [3.63, 3.8) is 0 Å². The van der Waals surface area contributed by atoms with Gasteiger partial charge in [0.25, 0.3) is 0 Å². The highest BCUT2D eigenvalue weighted by Crippen LogP contribution is 2.27. The van der Waals surface area contributed by atoms with Crippen LogP contribution in [0.5, 0.6) is 0 Å².